The van der Waals surface area contributed by atoms with E-state index >= 15 is 0 Å². The molecule has 20 heavy (non-hydrogen) atoms. The second-order valence-corrected chi connectivity index (χ2v) is 5.22. The van der Waals surface area contributed by atoms with E-state index < -0.39 is 0 Å². The summed E-state index contributed by atoms with van der Waals surface area (Å²) in [5, 5.41) is 6.30. The van der Waals surface area contributed by atoms with Crippen LogP contribution in [0.2, 0.25) is 0 Å². The van der Waals surface area contributed by atoms with Crippen molar-refractivity contribution in [2.45, 2.75) is 33.2 Å². The summed E-state index contributed by atoms with van der Waals surface area (Å²) in [7, 11) is 1.82. The maximum absolute atomic E-state index is 4.38. The lowest BCUT2D eigenvalue weighted by Crippen LogP contribution is -2.05. The van der Waals surface area contributed by atoms with Crippen molar-refractivity contribution in [2.75, 3.05) is 17.7 Å². The van der Waals surface area contributed by atoms with Crippen LogP contribution in [-0.2, 0) is 6.54 Å². The molecule has 1 heterocycles. The Hall–Kier alpha value is -2.10. The molecule has 0 unspecified atom stereocenters. The largest absolute Gasteiger partial charge is 0.366 e. The van der Waals surface area contributed by atoms with Gasteiger partial charge in [0.1, 0.15) is 5.82 Å². The lowest BCUT2D eigenvalue weighted by molar-refractivity contribution is 0.865. The number of anilines is 2. The molecule has 1 aromatic carbocycles. The Morgan fingerprint density at radius 2 is 1.80 bits per heavy atom. The summed E-state index contributed by atoms with van der Waals surface area (Å²) < 4.78 is 0. The minimum atomic E-state index is 0.569. The Bertz CT molecular complexity index is 561. The van der Waals surface area contributed by atoms with Crippen LogP contribution in [0.3, 0.4) is 0 Å². The van der Waals surface area contributed by atoms with Crippen molar-refractivity contribution in [3.63, 3.8) is 0 Å². The second-order valence-electron chi connectivity index (χ2n) is 5.22. The quantitative estimate of drug-likeness (QED) is 0.872. The van der Waals surface area contributed by atoms with Gasteiger partial charge < -0.3 is 10.6 Å². The molecular weight excluding hydrogens is 248 g/mol. The average Bonchev–Trinajstić information content (AvgIpc) is 2.45. The number of hydrogen-bond acceptors (Lipinski definition) is 4. The van der Waals surface area contributed by atoms with Gasteiger partial charge in [0.15, 0.2) is 0 Å². The molecule has 0 amide bonds. The fraction of sp³-hybridized carbons (Fsp3) is 0.375. The summed E-state index contributed by atoms with van der Waals surface area (Å²) in [5.74, 6) is 2.05. The molecule has 4 nitrogen and oxygen atoms in total. The Morgan fingerprint density at radius 1 is 1.10 bits per heavy atom. The Balaban J connectivity index is 2.03. The number of nitrogens with zero attached hydrogens (tertiary/aromatic N) is 2. The first-order valence-corrected chi connectivity index (χ1v) is 6.94. The number of nitrogens with one attached hydrogen (secondary N) is 2. The van der Waals surface area contributed by atoms with Crippen LogP contribution in [-0.4, -0.2) is 17.0 Å². The van der Waals surface area contributed by atoms with E-state index in [-0.39, 0.29) is 0 Å². The Morgan fingerprint density at radius 3 is 2.40 bits per heavy atom. The van der Waals surface area contributed by atoms with Gasteiger partial charge in [0.25, 0.3) is 0 Å². The highest BCUT2D eigenvalue weighted by atomic mass is 15.1. The van der Waals surface area contributed by atoms with Gasteiger partial charge in [-0.05, 0) is 24.0 Å². The number of benzene rings is 1. The first-order valence-electron chi connectivity index (χ1n) is 6.94. The zero-order chi connectivity index (χ0) is 14.5. The zero-order valence-corrected chi connectivity index (χ0v) is 12.6. The van der Waals surface area contributed by atoms with E-state index in [0.717, 1.165) is 18.1 Å². The first kappa shape index (κ1) is 14.3. The molecule has 1 aromatic heterocycles. The van der Waals surface area contributed by atoms with Crippen molar-refractivity contribution in [1.82, 2.24) is 9.97 Å². The smallest absolute Gasteiger partial charge is 0.224 e. The monoisotopic (exact) mass is 270 g/mol. The number of rotatable bonds is 5. The van der Waals surface area contributed by atoms with Crippen LogP contribution in [0.5, 0.6) is 0 Å². The SMILES string of the molecule is CNc1nc(C)cc(NCc2ccc(C(C)C)cc2)n1. The van der Waals surface area contributed by atoms with Gasteiger partial charge in [0, 0.05) is 25.4 Å². The number of aromatic nitrogens is 2. The third-order valence-electron chi connectivity index (χ3n) is 3.20. The minimum Gasteiger partial charge on any atom is -0.366 e. The maximum Gasteiger partial charge on any atom is 0.224 e. The number of hydrogen-bond donors (Lipinski definition) is 2. The van der Waals surface area contributed by atoms with Gasteiger partial charge in [-0.15, -0.1) is 0 Å². The minimum absolute atomic E-state index is 0.569. The molecule has 0 atom stereocenters. The van der Waals surface area contributed by atoms with E-state index in [1.807, 2.05) is 20.0 Å². The summed E-state index contributed by atoms with van der Waals surface area (Å²) in [6, 6.07) is 10.6. The molecule has 0 aliphatic heterocycles. The summed E-state index contributed by atoms with van der Waals surface area (Å²) in [6.45, 7) is 7.13. The molecule has 0 saturated carbocycles. The normalized spacial score (nSPS) is 10.7. The lowest BCUT2D eigenvalue weighted by atomic mass is 10.0. The predicted molar refractivity (Wildman–Crippen MR) is 84.2 cm³/mol. The molecule has 4 heteroatoms. The van der Waals surface area contributed by atoms with Crippen LogP contribution in [0.4, 0.5) is 11.8 Å². The van der Waals surface area contributed by atoms with Crippen molar-refractivity contribution >= 4 is 11.8 Å². The van der Waals surface area contributed by atoms with Gasteiger partial charge in [-0.2, -0.15) is 4.98 Å². The van der Waals surface area contributed by atoms with E-state index in [9.17, 15) is 0 Å². The molecule has 106 valence electrons. The van der Waals surface area contributed by atoms with Crippen molar-refractivity contribution in [1.29, 1.82) is 0 Å². The first-order chi connectivity index (χ1) is 9.58. The third kappa shape index (κ3) is 3.70. The second kappa shape index (κ2) is 6.37. The average molecular weight is 270 g/mol. The summed E-state index contributed by atoms with van der Waals surface area (Å²) in [6.07, 6.45) is 0. The highest BCUT2D eigenvalue weighted by Gasteiger charge is 2.02. The Labute approximate surface area is 120 Å². The van der Waals surface area contributed by atoms with E-state index in [0.29, 0.717) is 11.9 Å². The lowest BCUT2D eigenvalue weighted by Gasteiger charge is -2.10. The number of aryl methyl sites for hydroxylation is 1. The van der Waals surface area contributed by atoms with Crippen molar-refractivity contribution in [3.8, 4) is 0 Å². The van der Waals surface area contributed by atoms with Crippen molar-refractivity contribution in [3.05, 3.63) is 47.2 Å². The van der Waals surface area contributed by atoms with Gasteiger partial charge in [0.05, 0.1) is 0 Å². The van der Waals surface area contributed by atoms with Gasteiger partial charge in [0.2, 0.25) is 5.95 Å². The van der Waals surface area contributed by atoms with Gasteiger partial charge in [-0.25, -0.2) is 4.98 Å². The van der Waals surface area contributed by atoms with Crippen LogP contribution in [0.1, 0.15) is 36.6 Å². The van der Waals surface area contributed by atoms with Gasteiger partial charge >= 0.3 is 0 Å². The fourth-order valence-electron chi connectivity index (χ4n) is 1.98. The molecule has 2 aromatic rings. The molecule has 0 spiro atoms. The van der Waals surface area contributed by atoms with Crippen LogP contribution in [0.15, 0.2) is 30.3 Å². The molecule has 0 saturated heterocycles. The van der Waals surface area contributed by atoms with Gasteiger partial charge in [-0.3, -0.25) is 0 Å². The standard InChI is InChI=1S/C16H22N4/c1-11(2)14-7-5-13(6-8-14)10-18-15-9-12(3)19-16(17-4)20-15/h5-9,11H,10H2,1-4H3,(H2,17,18,19,20). The van der Waals surface area contributed by atoms with E-state index in [2.05, 4.69) is 58.7 Å². The molecule has 2 N–H and O–H groups in total. The zero-order valence-electron chi connectivity index (χ0n) is 12.6. The van der Waals surface area contributed by atoms with Crippen LogP contribution >= 0.6 is 0 Å². The van der Waals surface area contributed by atoms with Crippen molar-refractivity contribution < 1.29 is 0 Å². The fourth-order valence-corrected chi connectivity index (χ4v) is 1.98. The molecule has 2 rings (SSSR count). The van der Waals surface area contributed by atoms with E-state index in [1.165, 1.54) is 11.1 Å². The highest BCUT2D eigenvalue weighted by Crippen LogP contribution is 2.16. The van der Waals surface area contributed by atoms with Crippen molar-refractivity contribution in [2.24, 2.45) is 0 Å². The van der Waals surface area contributed by atoms with E-state index in [4.69, 9.17) is 0 Å². The van der Waals surface area contributed by atoms with Crippen LogP contribution < -0.4 is 10.6 Å². The van der Waals surface area contributed by atoms with Gasteiger partial charge in [-0.1, -0.05) is 38.1 Å². The molecule has 0 bridgehead atoms. The third-order valence-corrected chi connectivity index (χ3v) is 3.20. The van der Waals surface area contributed by atoms with Crippen LogP contribution in [0, 0.1) is 6.92 Å². The van der Waals surface area contributed by atoms with E-state index in [1.54, 1.807) is 0 Å². The summed E-state index contributed by atoms with van der Waals surface area (Å²) in [4.78, 5) is 8.66. The molecule has 0 radical (unpaired) electrons. The summed E-state index contributed by atoms with van der Waals surface area (Å²) in [5.41, 5.74) is 3.56. The molecular formula is C16H22N4. The Kier molecular flexibility index (Phi) is 4.56. The topological polar surface area (TPSA) is 49.8 Å². The molecule has 0 aliphatic carbocycles. The maximum atomic E-state index is 4.38. The summed E-state index contributed by atoms with van der Waals surface area (Å²) >= 11 is 0. The highest BCUT2D eigenvalue weighted by molar-refractivity contribution is 5.42. The molecule has 0 aliphatic rings. The molecule has 0 fully saturated rings. The predicted octanol–water partition coefficient (Wildman–Crippen LogP) is 3.56. The van der Waals surface area contributed by atoms with Crippen LogP contribution in [0.25, 0.3) is 0 Å².